The van der Waals surface area contributed by atoms with E-state index in [0.29, 0.717) is 0 Å². The van der Waals surface area contributed by atoms with E-state index in [0.717, 1.165) is 0 Å². The van der Waals surface area contributed by atoms with Gasteiger partial charge in [-0.2, -0.15) is 0 Å². The molecule has 7 nitrogen and oxygen atoms in total. The van der Waals surface area contributed by atoms with Gasteiger partial charge >= 0.3 is 17.9 Å². The lowest BCUT2D eigenvalue weighted by atomic mass is 10.3. The van der Waals surface area contributed by atoms with Crippen molar-refractivity contribution in [3.05, 3.63) is 0 Å². The Kier molecular flexibility index (Phi) is 6.86. The van der Waals surface area contributed by atoms with Crippen LogP contribution >= 0.6 is 0 Å². The van der Waals surface area contributed by atoms with Gasteiger partial charge in [0.15, 0.2) is 0 Å². The summed E-state index contributed by atoms with van der Waals surface area (Å²) in [5, 5.41) is 11.0. The summed E-state index contributed by atoms with van der Waals surface area (Å²) in [7, 11) is 0. The summed E-state index contributed by atoms with van der Waals surface area (Å²) in [6.45, 7) is 2.08. The first-order valence-electron chi connectivity index (χ1n) is 4.63. The van der Waals surface area contributed by atoms with Gasteiger partial charge in [0.1, 0.15) is 13.2 Å². The molecule has 0 amide bonds. The Bertz CT molecular complexity index is 222. The number of hydrogen-bond donors (Lipinski definition) is 2. The van der Waals surface area contributed by atoms with Crippen molar-refractivity contribution < 1.29 is 29.0 Å². The van der Waals surface area contributed by atoms with E-state index in [1.807, 2.05) is 0 Å². The second kappa shape index (κ2) is 7.63. The number of nitrogens with one attached hydrogen (secondary N) is 1. The molecule has 0 radical (unpaired) electrons. The van der Waals surface area contributed by atoms with Gasteiger partial charge in [0, 0.05) is 13.8 Å². The molecule has 0 unspecified atom stereocenters. The monoisotopic (exact) mass is 233 g/mol. The average Bonchev–Trinajstić information content (AvgIpc) is 2.15. The molecule has 16 heavy (non-hydrogen) atoms. The van der Waals surface area contributed by atoms with Gasteiger partial charge in [0.25, 0.3) is 0 Å². The average molecular weight is 233 g/mol. The molecule has 7 heteroatoms. The largest absolute Gasteiger partial charge is 0.480 e. The molecule has 0 saturated carbocycles. The van der Waals surface area contributed by atoms with Crippen LogP contribution in [0.5, 0.6) is 0 Å². The minimum atomic E-state index is -1.05. The van der Waals surface area contributed by atoms with E-state index < -0.39 is 23.9 Å². The van der Waals surface area contributed by atoms with E-state index in [1.54, 1.807) is 0 Å². The first kappa shape index (κ1) is 14.4. The van der Waals surface area contributed by atoms with Crippen molar-refractivity contribution in [1.29, 1.82) is 0 Å². The summed E-state index contributed by atoms with van der Waals surface area (Å²) in [6, 6.07) is -0.524. The normalized spacial score (nSPS) is 9.94. The molecule has 0 aromatic carbocycles. The fraction of sp³-hybridized carbons (Fsp3) is 0.667. The Morgan fingerprint density at radius 3 is 1.88 bits per heavy atom. The summed E-state index contributed by atoms with van der Waals surface area (Å²) in [6.07, 6.45) is 0. The van der Waals surface area contributed by atoms with Crippen molar-refractivity contribution in [3.8, 4) is 0 Å². The fourth-order valence-corrected chi connectivity index (χ4v) is 0.834. The topological polar surface area (TPSA) is 102 Å². The fourth-order valence-electron chi connectivity index (χ4n) is 0.834. The Hall–Kier alpha value is -1.63. The Morgan fingerprint density at radius 1 is 1.12 bits per heavy atom. The minimum absolute atomic E-state index is 0.0457. The lowest BCUT2D eigenvalue weighted by Gasteiger charge is -2.16. The lowest BCUT2D eigenvalue weighted by Crippen LogP contribution is -2.41. The van der Waals surface area contributed by atoms with Crippen molar-refractivity contribution in [2.24, 2.45) is 0 Å². The van der Waals surface area contributed by atoms with Crippen molar-refractivity contribution in [3.63, 3.8) is 0 Å². The molecule has 92 valence electrons. The van der Waals surface area contributed by atoms with Crippen LogP contribution in [-0.2, 0) is 23.9 Å². The number of aliphatic carboxylic acids is 1. The highest BCUT2D eigenvalue weighted by Gasteiger charge is 2.13. The van der Waals surface area contributed by atoms with Gasteiger partial charge in [0.2, 0.25) is 0 Å². The zero-order valence-electron chi connectivity index (χ0n) is 9.19. The summed E-state index contributed by atoms with van der Waals surface area (Å²) < 4.78 is 9.37. The molecule has 0 saturated heterocycles. The van der Waals surface area contributed by atoms with E-state index in [4.69, 9.17) is 5.11 Å². The second-order valence-electron chi connectivity index (χ2n) is 3.08. The maximum absolute atomic E-state index is 10.6. The Balaban J connectivity index is 3.98. The molecule has 0 aromatic heterocycles. The van der Waals surface area contributed by atoms with Crippen molar-refractivity contribution in [2.45, 2.75) is 19.9 Å². The smallest absolute Gasteiger partial charge is 0.317 e. The van der Waals surface area contributed by atoms with Gasteiger partial charge in [-0.3, -0.25) is 19.7 Å². The van der Waals surface area contributed by atoms with Gasteiger partial charge in [0.05, 0.1) is 12.6 Å². The Labute approximate surface area is 92.7 Å². The molecular formula is C9H15NO6. The lowest BCUT2D eigenvalue weighted by molar-refractivity contribution is -0.144. The molecular weight excluding hydrogens is 218 g/mol. The van der Waals surface area contributed by atoms with Crippen LogP contribution in [0.1, 0.15) is 13.8 Å². The standard InChI is InChI=1S/C9H15NO6/c1-6(11)15-4-8(5-16-7(2)12)10-3-9(13)14/h8,10H,3-5H2,1-2H3,(H,13,14). The summed E-state index contributed by atoms with van der Waals surface area (Å²) in [5.74, 6) is -2.01. The number of carboxylic acid groups (broad SMARTS) is 1. The Morgan fingerprint density at radius 2 is 1.56 bits per heavy atom. The second-order valence-corrected chi connectivity index (χ2v) is 3.08. The number of esters is 2. The highest BCUT2D eigenvalue weighted by atomic mass is 16.5. The van der Waals surface area contributed by atoms with Gasteiger partial charge in [-0.1, -0.05) is 0 Å². The molecule has 0 atom stereocenters. The molecule has 0 aliphatic carbocycles. The van der Waals surface area contributed by atoms with Gasteiger partial charge in [-0.25, -0.2) is 0 Å². The number of carbonyl (C=O) groups excluding carboxylic acids is 2. The zero-order chi connectivity index (χ0) is 12.6. The molecule has 0 rings (SSSR count). The molecule has 0 heterocycles. The van der Waals surface area contributed by atoms with Crippen molar-refractivity contribution in [1.82, 2.24) is 5.32 Å². The van der Waals surface area contributed by atoms with Crippen LogP contribution in [0.2, 0.25) is 0 Å². The molecule has 0 bridgehead atoms. The molecule has 0 aliphatic rings. The minimum Gasteiger partial charge on any atom is -0.480 e. The predicted molar refractivity (Wildman–Crippen MR) is 52.7 cm³/mol. The summed E-state index contributed by atoms with van der Waals surface area (Å²) >= 11 is 0. The van der Waals surface area contributed by atoms with E-state index in [9.17, 15) is 14.4 Å². The van der Waals surface area contributed by atoms with Crippen LogP contribution in [0, 0.1) is 0 Å². The predicted octanol–water partition coefficient (Wildman–Crippen LogP) is -0.845. The number of hydrogen-bond acceptors (Lipinski definition) is 6. The third kappa shape index (κ3) is 8.95. The number of carboxylic acids is 1. The van der Waals surface area contributed by atoms with Crippen molar-refractivity contribution >= 4 is 17.9 Å². The third-order valence-electron chi connectivity index (χ3n) is 1.52. The molecule has 0 aliphatic heterocycles. The summed E-state index contributed by atoms with van der Waals surface area (Å²) in [4.78, 5) is 31.4. The van der Waals surface area contributed by atoms with Crippen molar-refractivity contribution in [2.75, 3.05) is 19.8 Å². The molecule has 0 aromatic rings. The van der Waals surface area contributed by atoms with Gasteiger partial charge in [-0.05, 0) is 0 Å². The number of ether oxygens (including phenoxy) is 2. The SMILES string of the molecule is CC(=O)OCC(COC(C)=O)NCC(=O)O. The maximum Gasteiger partial charge on any atom is 0.317 e. The van der Waals surface area contributed by atoms with Crippen LogP contribution in [0.4, 0.5) is 0 Å². The number of carbonyl (C=O) groups is 3. The summed E-state index contributed by atoms with van der Waals surface area (Å²) in [5.41, 5.74) is 0. The van der Waals surface area contributed by atoms with E-state index in [-0.39, 0.29) is 19.8 Å². The molecule has 0 fully saturated rings. The third-order valence-corrected chi connectivity index (χ3v) is 1.52. The van der Waals surface area contributed by atoms with Crippen LogP contribution in [0.15, 0.2) is 0 Å². The molecule has 0 spiro atoms. The molecule has 2 N–H and O–H groups in total. The number of rotatable bonds is 7. The van der Waals surface area contributed by atoms with E-state index in [2.05, 4.69) is 14.8 Å². The van der Waals surface area contributed by atoms with E-state index >= 15 is 0 Å². The van der Waals surface area contributed by atoms with Crippen LogP contribution < -0.4 is 5.32 Å². The van der Waals surface area contributed by atoms with Crippen LogP contribution in [0.25, 0.3) is 0 Å². The maximum atomic E-state index is 10.6. The first-order valence-corrected chi connectivity index (χ1v) is 4.63. The quantitative estimate of drug-likeness (QED) is 0.552. The highest BCUT2D eigenvalue weighted by molar-refractivity contribution is 5.69. The van der Waals surface area contributed by atoms with E-state index in [1.165, 1.54) is 13.8 Å². The van der Waals surface area contributed by atoms with Crippen LogP contribution in [0.3, 0.4) is 0 Å². The zero-order valence-corrected chi connectivity index (χ0v) is 9.19. The highest BCUT2D eigenvalue weighted by Crippen LogP contribution is 1.90. The van der Waals surface area contributed by atoms with Gasteiger partial charge < -0.3 is 14.6 Å². The van der Waals surface area contributed by atoms with Gasteiger partial charge in [-0.15, -0.1) is 0 Å². The first-order chi connectivity index (χ1) is 7.41. The van der Waals surface area contributed by atoms with Crippen LogP contribution in [-0.4, -0.2) is 48.8 Å².